The minimum atomic E-state index is -3.81. The summed E-state index contributed by atoms with van der Waals surface area (Å²) < 4.78 is 42.4. The molecule has 0 saturated heterocycles. The zero-order valence-corrected chi connectivity index (χ0v) is 16.2. The minimum Gasteiger partial charge on any atom is -0.493 e. The van der Waals surface area contributed by atoms with Crippen molar-refractivity contribution < 1.29 is 27.4 Å². The molecule has 2 aromatic rings. The normalized spacial score (nSPS) is 16.8. The van der Waals surface area contributed by atoms with Crippen LogP contribution in [0.15, 0.2) is 47.0 Å². The molecule has 2 aromatic carbocycles. The molecule has 142 valence electrons. The zero-order chi connectivity index (χ0) is 19.8. The molecule has 0 aliphatic carbocycles. The van der Waals surface area contributed by atoms with Gasteiger partial charge in [0, 0.05) is 12.6 Å². The van der Waals surface area contributed by atoms with Crippen molar-refractivity contribution in [1.82, 2.24) is 4.31 Å². The lowest BCUT2D eigenvalue weighted by molar-refractivity contribution is 0.101. The van der Waals surface area contributed by atoms with Crippen molar-refractivity contribution in [2.75, 3.05) is 28.4 Å². The highest BCUT2D eigenvalue weighted by atomic mass is 32.2. The number of likely N-dealkylation sites (N-methyl/N-ethyl adjacent to an activating group) is 1. The lowest BCUT2D eigenvalue weighted by Gasteiger charge is -2.28. The van der Waals surface area contributed by atoms with E-state index in [0.717, 1.165) is 4.31 Å². The van der Waals surface area contributed by atoms with Gasteiger partial charge in [0.05, 0.1) is 26.2 Å². The number of benzene rings is 2. The molecule has 0 radical (unpaired) electrons. The van der Waals surface area contributed by atoms with Crippen LogP contribution in [0.5, 0.6) is 17.2 Å². The first kappa shape index (κ1) is 18.8. The number of ketones is 1. The first-order chi connectivity index (χ1) is 12.8. The van der Waals surface area contributed by atoms with Gasteiger partial charge in [0.15, 0.2) is 11.5 Å². The number of nitrogens with zero attached hydrogens (tertiary/aromatic N) is 1. The number of fused-ring (bicyclic) bond motifs is 1. The maximum atomic E-state index is 12.9. The Hall–Kier alpha value is -3.00. The van der Waals surface area contributed by atoms with Crippen LogP contribution >= 0.6 is 0 Å². The summed E-state index contributed by atoms with van der Waals surface area (Å²) in [5, 5.41) is 0. The highest BCUT2D eigenvalue weighted by Crippen LogP contribution is 2.39. The number of methoxy groups -OCH3 is 3. The van der Waals surface area contributed by atoms with Crippen molar-refractivity contribution in [3.63, 3.8) is 0 Å². The summed E-state index contributed by atoms with van der Waals surface area (Å²) in [4.78, 5) is 12.9. The van der Waals surface area contributed by atoms with Gasteiger partial charge in [-0.25, -0.2) is 8.42 Å². The van der Waals surface area contributed by atoms with E-state index in [-0.39, 0.29) is 21.9 Å². The van der Waals surface area contributed by atoms with Gasteiger partial charge < -0.3 is 14.2 Å². The van der Waals surface area contributed by atoms with Crippen LogP contribution in [0.3, 0.4) is 0 Å². The number of Topliss-reactive ketones (excluding diaryl/α,β-unsaturated/α-hetero) is 1. The topological polar surface area (TPSA) is 82.1 Å². The largest absolute Gasteiger partial charge is 0.493 e. The third kappa shape index (κ3) is 3.02. The quantitative estimate of drug-likeness (QED) is 0.748. The van der Waals surface area contributed by atoms with Gasteiger partial charge in [-0.1, -0.05) is 12.1 Å². The van der Waals surface area contributed by atoms with Gasteiger partial charge in [0.25, 0.3) is 10.0 Å². The molecule has 1 aliphatic rings. The fourth-order valence-corrected chi connectivity index (χ4v) is 4.31. The zero-order valence-electron chi connectivity index (χ0n) is 15.3. The van der Waals surface area contributed by atoms with Gasteiger partial charge in [0.1, 0.15) is 5.70 Å². The molecule has 0 atom stereocenters. The Bertz CT molecular complexity index is 1020. The maximum absolute atomic E-state index is 12.9. The summed E-state index contributed by atoms with van der Waals surface area (Å²) in [7, 11) is 1.99. The number of ether oxygens (including phenoxy) is 3. The van der Waals surface area contributed by atoms with Gasteiger partial charge in [-0.2, -0.15) is 0 Å². The molecule has 0 aromatic heterocycles. The molecule has 1 aliphatic heterocycles. The predicted molar refractivity (Wildman–Crippen MR) is 99.8 cm³/mol. The second-order valence-corrected chi connectivity index (χ2v) is 7.72. The number of hydrogen-bond donors (Lipinski definition) is 0. The summed E-state index contributed by atoms with van der Waals surface area (Å²) in [5.74, 6) is 0.829. The van der Waals surface area contributed by atoms with Crippen molar-refractivity contribution in [1.29, 1.82) is 0 Å². The van der Waals surface area contributed by atoms with Crippen LogP contribution in [-0.2, 0) is 10.0 Å². The van der Waals surface area contributed by atoms with E-state index < -0.39 is 10.0 Å². The van der Waals surface area contributed by atoms with Crippen LogP contribution in [0.2, 0.25) is 0 Å². The van der Waals surface area contributed by atoms with Crippen LogP contribution < -0.4 is 14.2 Å². The van der Waals surface area contributed by atoms with Crippen LogP contribution in [-0.4, -0.2) is 46.9 Å². The lowest BCUT2D eigenvalue weighted by atomic mass is 10.0. The Balaban J connectivity index is 2.20. The van der Waals surface area contributed by atoms with Crippen molar-refractivity contribution in [3.8, 4) is 17.2 Å². The van der Waals surface area contributed by atoms with Crippen LogP contribution in [0.4, 0.5) is 0 Å². The second-order valence-electron chi connectivity index (χ2n) is 5.79. The molecular formula is C19H19NO6S. The maximum Gasteiger partial charge on any atom is 0.264 e. The highest BCUT2D eigenvalue weighted by Gasteiger charge is 2.36. The molecule has 0 spiro atoms. The summed E-state index contributed by atoms with van der Waals surface area (Å²) in [5.41, 5.74) is 0.714. The number of hydrogen-bond acceptors (Lipinski definition) is 6. The molecule has 0 saturated carbocycles. The molecule has 0 unspecified atom stereocenters. The molecule has 0 N–H and O–H groups in total. The number of rotatable bonds is 4. The Kier molecular flexibility index (Phi) is 4.84. The standard InChI is InChI=1S/C19H19NO6S/c1-20-14(18(21)13-7-5-6-8-17(13)27(20,22)23)9-12-10-15(24-2)19(26-4)16(11-12)25-3/h5-11H,1-4H3. The summed E-state index contributed by atoms with van der Waals surface area (Å²) in [6.07, 6.45) is 1.49. The summed E-state index contributed by atoms with van der Waals surface area (Å²) >= 11 is 0. The minimum absolute atomic E-state index is 0.000424. The van der Waals surface area contributed by atoms with E-state index in [4.69, 9.17) is 14.2 Å². The van der Waals surface area contributed by atoms with E-state index in [1.54, 1.807) is 24.3 Å². The Morgan fingerprint density at radius 3 is 2.11 bits per heavy atom. The van der Waals surface area contributed by atoms with Gasteiger partial charge in [0.2, 0.25) is 11.5 Å². The van der Waals surface area contributed by atoms with Gasteiger partial charge in [-0.3, -0.25) is 9.10 Å². The highest BCUT2D eigenvalue weighted by molar-refractivity contribution is 7.89. The fraction of sp³-hybridized carbons (Fsp3) is 0.211. The molecule has 27 heavy (non-hydrogen) atoms. The number of carbonyl (C=O) groups excluding carboxylic acids is 1. The average molecular weight is 389 g/mol. The lowest BCUT2D eigenvalue weighted by Crippen LogP contribution is -2.36. The van der Waals surface area contributed by atoms with Gasteiger partial charge in [-0.15, -0.1) is 0 Å². The Morgan fingerprint density at radius 2 is 1.56 bits per heavy atom. The van der Waals surface area contributed by atoms with Crippen molar-refractivity contribution in [2.24, 2.45) is 0 Å². The van der Waals surface area contributed by atoms with E-state index in [1.807, 2.05) is 0 Å². The molecule has 1 heterocycles. The number of allylic oxidation sites excluding steroid dienone is 1. The van der Waals surface area contributed by atoms with Crippen molar-refractivity contribution in [3.05, 3.63) is 53.2 Å². The summed E-state index contributed by atoms with van der Waals surface area (Å²) in [6.45, 7) is 0. The monoisotopic (exact) mass is 389 g/mol. The molecule has 0 bridgehead atoms. The molecule has 8 heteroatoms. The molecule has 7 nitrogen and oxygen atoms in total. The van der Waals surface area contributed by atoms with E-state index in [1.165, 1.54) is 46.6 Å². The predicted octanol–water partition coefficient (Wildman–Crippen LogP) is 2.57. The summed E-state index contributed by atoms with van der Waals surface area (Å²) in [6, 6.07) is 9.44. The fourth-order valence-electron chi connectivity index (χ4n) is 2.94. The first-order valence-corrected chi connectivity index (χ1v) is 9.43. The molecule has 3 rings (SSSR count). The third-order valence-corrected chi connectivity index (χ3v) is 6.16. The molecule has 0 fully saturated rings. The second kappa shape index (κ2) is 6.96. The van der Waals surface area contributed by atoms with Crippen LogP contribution in [0.25, 0.3) is 6.08 Å². The van der Waals surface area contributed by atoms with Crippen LogP contribution in [0.1, 0.15) is 15.9 Å². The Morgan fingerprint density at radius 1 is 0.963 bits per heavy atom. The smallest absolute Gasteiger partial charge is 0.264 e. The Labute approximate surface area is 157 Å². The number of carbonyl (C=O) groups is 1. The van der Waals surface area contributed by atoms with E-state index in [0.29, 0.717) is 22.8 Å². The SMILES string of the molecule is COc1cc(C=C2C(=O)c3ccccc3S(=O)(=O)N2C)cc(OC)c1OC. The van der Waals surface area contributed by atoms with Crippen molar-refractivity contribution >= 4 is 21.9 Å². The van der Waals surface area contributed by atoms with Gasteiger partial charge in [-0.05, 0) is 35.9 Å². The van der Waals surface area contributed by atoms with Crippen LogP contribution in [0, 0.1) is 0 Å². The molecule has 0 amide bonds. The molecular weight excluding hydrogens is 370 g/mol. The van der Waals surface area contributed by atoms with Gasteiger partial charge >= 0.3 is 0 Å². The van der Waals surface area contributed by atoms with Crippen molar-refractivity contribution in [2.45, 2.75) is 4.90 Å². The van der Waals surface area contributed by atoms with E-state index in [9.17, 15) is 13.2 Å². The third-order valence-electron chi connectivity index (χ3n) is 4.33. The van der Waals surface area contributed by atoms with E-state index in [2.05, 4.69) is 0 Å². The van der Waals surface area contributed by atoms with E-state index >= 15 is 0 Å². The number of sulfonamides is 1. The average Bonchev–Trinajstić information content (AvgIpc) is 2.69. The first-order valence-electron chi connectivity index (χ1n) is 7.99.